The Morgan fingerprint density at radius 3 is 2.53 bits per heavy atom. The van der Waals surface area contributed by atoms with E-state index in [1.807, 2.05) is 26.2 Å². The van der Waals surface area contributed by atoms with Gasteiger partial charge in [0.1, 0.15) is 5.75 Å². The summed E-state index contributed by atoms with van der Waals surface area (Å²) in [6, 6.07) is 10.5. The highest BCUT2D eigenvalue weighted by Gasteiger charge is 2.16. The summed E-state index contributed by atoms with van der Waals surface area (Å²) in [5, 5.41) is 3.33. The first kappa shape index (κ1) is 13.6. The summed E-state index contributed by atoms with van der Waals surface area (Å²) < 4.78 is 5.49. The lowest BCUT2D eigenvalue weighted by Crippen LogP contribution is -2.18. The second kappa shape index (κ2) is 5.85. The highest BCUT2D eigenvalue weighted by molar-refractivity contribution is 5.43. The SMILES string of the molecule is CNC(c1ccc(C)nc1)c1ccc(C)cc1OC. The zero-order valence-electron chi connectivity index (χ0n) is 11.9. The first-order valence-corrected chi connectivity index (χ1v) is 6.40. The van der Waals surface area contributed by atoms with Crippen molar-refractivity contribution in [3.63, 3.8) is 0 Å². The molecule has 0 radical (unpaired) electrons. The van der Waals surface area contributed by atoms with Crippen LogP contribution in [0.5, 0.6) is 5.75 Å². The Bertz CT molecular complexity index is 549. The number of nitrogens with one attached hydrogen (secondary N) is 1. The number of hydrogen-bond donors (Lipinski definition) is 1. The Morgan fingerprint density at radius 1 is 1.16 bits per heavy atom. The van der Waals surface area contributed by atoms with Crippen molar-refractivity contribution in [1.29, 1.82) is 0 Å². The second-order valence-corrected chi connectivity index (χ2v) is 4.70. The number of methoxy groups -OCH3 is 1. The molecule has 0 spiro atoms. The van der Waals surface area contributed by atoms with Gasteiger partial charge < -0.3 is 10.1 Å². The van der Waals surface area contributed by atoms with Gasteiger partial charge in [0.25, 0.3) is 0 Å². The number of rotatable bonds is 4. The van der Waals surface area contributed by atoms with Crippen molar-refractivity contribution in [2.45, 2.75) is 19.9 Å². The standard InChI is InChI=1S/C16H20N2O/c1-11-5-8-14(15(9-11)19-4)16(17-3)13-7-6-12(2)18-10-13/h5-10,16-17H,1-4H3. The van der Waals surface area contributed by atoms with Gasteiger partial charge in [-0.05, 0) is 44.2 Å². The molecule has 1 aromatic carbocycles. The molecule has 0 fully saturated rings. The summed E-state index contributed by atoms with van der Waals surface area (Å²) in [5.41, 5.74) is 4.48. The van der Waals surface area contributed by atoms with Gasteiger partial charge in [0.2, 0.25) is 0 Å². The average Bonchev–Trinajstić information content (AvgIpc) is 2.43. The average molecular weight is 256 g/mol. The molecule has 2 rings (SSSR count). The quantitative estimate of drug-likeness (QED) is 0.913. The molecular weight excluding hydrogens is 236 g/mol. The number of benzene rings is 1. The maximum absolute atomic E-state index is 5.49. The molecule has 19 heavy (non-hydrogen) atoms. The Kier molecular flexibility index (Phi) is 4.17. The van der Waals surface area contributed by atoms with E-state index in [1.54, 1.807) is 7.11 Å². The van der Waals surface area contributed by atoms with E-state index in [1.165, 1.54) is 5.56 Å². The Morgan fingerprint density at radius 2 is 1.95 bits per heavy atom. The van der Waals surface area contributed by atoms with Gasteiger partial charge in [-0.3, -0.25) is 4.98 Å². The van der Waals surface area contributed by atoms with E-state index in [9.17, 15) is 0 Å². The van der Waals surface area contributed by atoms with Crippen LogP contribution in [-0.4, -0.2) is 19.1 Å². The highest BCUT2D eigenvalue weighted by Crippen LogP contribution is 2.30. The van der Waals surface area contributed by atoms with Crippen LogP contribution in [0.1, 0.15) is 28.4 Å². The van der Waals surface area contributed by atoms with Crippen molar-refractivity contribution >= 4 is 0 Å². The summed E-state index contributed by atoms with van der Waals surface area (Å²) in [4.78, 5) is 4.37. The van der Waals surface area contributed by atoms with Crippen LogP contribution < -0.4 is 10.1 Å². The van der Waals surface area contributed by atoms with Crippen molar-refractivity contribution in [1.82, 2.24) is 10.3 Å². The molecule has 1 N–H and O–H groups in total. The fourth-order valence-corrected chi connectivity index (χ4v) is 2.21. The molecule has 1 heterocycles. The van der Waals surface area contributed by atoms with E-state index in [0.29, 0.717) is 0 Å². The molecule has 0 aliphatic rings. The summed E-state index contributed by atoms with van der Waals surface area (Å²) in [5.74, 6) is 0.903. The van der Waals surface area contributed by atoms with E-state index in [0.717, 1.165) is 22.6 Å². The molecule has 0 bridgehead atoms. The second-order valence-electron chi connectivity index (χ2n) is 4.70. The summed E-state index contributed by atoms with van der Waals surface area (Å²) in [7, 11) is 3.65. The molecular formula is C16H20N2O. The molecule has 2 aromatic rings. The van der Waals surface area contributed by atoms with Crippen LogP contribution in [-0.2, 0) is 0 Å². The first-order chi connectivity index (χ1) is 9.15. The third-order valence-corrected chi connectivity index (χ3v) is 3.26. The molecule has 1 atom stereocenters. The molecule has 0 aliphatic heterocycles. The van der Waals surface area contributed by atoms with Gasteiger partial charge in [-0.15, -0.1) is 0 Å². The number of hydrogen-bond acceptors (Lipinski definition) is 3. The van der Waals surface area contributed by atoms with Gasteiger partial charge in [0, 0.05) is 17.5 Å². The predicted molar refractivity (Wildman–Crippen MR) is 77.6 cm³/mol. The van der Waals surface area contributed by atoms with Gasteiger partial charge in [-0.1, -0.05) is 18.2 Å². The van der Waals surface area contributed by atoms with Crippen LogP contribution in [0, 0.1) is 13.8 Å². The Balaban J connectivity index is 2.44. The fourth-order valence-electron chi connectivity index (χ4n) is 2.21. The van der Waals surface area contributed by atoms with Gasteiger partial charge >= 0.3 is 0 Å². The Hall–Kier alpha value is -1.87. The minimum absolute atomic E-state index is 0.0867. The zero-order valence-corrected chi connectivity index (χ0v) is 11.9. The molecule has 1 unspecified atom stereocenters. The molecule has 0 aliphatic carbocycles. The van der Waals surface area contributed by atoms with Gasteiger partial charge in [0.05, 0.1) is 13.2 Å². The Labute approximate surface area is 114 Å². The predicted octanol–water partition coefficient (Wildman–Crippen LogP) is 3.02. The van der Waals surface area contributed by atoms with Crippen LogP contribution in [0.25, 0.3) is 0 Å². The van der Waals surface area contributed by atoms with Crippen molar-refractivity contribution in [3.8, 4) is 5.75 Å². The lowest BCUT2D eigenvalue weighted by atomic mass is 9.98. The molecule has 3 heteroatoms. The van der Waals surface area contributed by atoms with Crippen LogP contribution in [0.15, 0.2) is 36.5 Å². The maximum atomic E-state index is 5.49. The van der Waals surface area contributed by atoms with E-state index in [4.69, 9.17) is 4.74 Å². The van der Waals surface area contributed by atoms with Crippen molar-refractivity contribution in [2.75, 3.05) is 14.2 Å². The smallest absolute Gasteiger partial charge is 0.124 e. The third kappa shape index (κ3) is 2.93. The molecule has 100 valence electrons. The highest BCUT2D eigenvalue weighted by atomic mass is 16.5. The van der Waals surface area contributed by atoms with Crippen molar-refractivity contribution in [2.24, 2.45) is 0 Å². The monoisotopic (exact) mass is 256 g/mol. The fraction of sp³-hybridized carbons (Fsp3) is 0.312. The van der Waals surface area contributed by atoms with Crippen LogP contribution in [0.3, 0.4) is 0 Å². The number of ether oxygens (including phenoxy) is 1. The summed E-state index contributed by atoms with van der Waals surface area (Å²) in [6.07, 6.45) is 1.91. The van der Waals surface area contributed by atoms with Crippen molar-refractivity contribution in [3.05, 3.63) is 58.9 Å². The van der Waals surface area contributed by atoms with Gasteiger partial charge in [-0.25, -0.2) is 0 Å². The largest absolute Gasteiger partial charge is 0.496 e. The molecule has 1 aromatic heterocycles. The maximum Gasteiger partial charge on any atom is 0.124 e. The molecule has 3 nitrogen and oxygen atoms in total. The minimum atomic E-state index is 0.0867. The van der Waals surface area contributed by atoms with Crippen LogP contribution in [0.4, 0.5) is 0 Å². The third-order valence-electron chi connectivity index (χ3n) is 3.26. The van der Waals surface area contributed by atoms with Crippen LogP contribution >= 0.6 is 0 Å². The van der Waals surface area contributed by atoms with E-state index in [-0.39, 0.29) is 6.04 Å². The van der Waals surface area contributed by atoms with E-state index in [2.05, 4.69) is 41.5 Å². The molecule has 0 amide bonds. The summed E-state index contributed by atoms with van der Waals surface area (Å²) in [6.45, 7) is 4.05. The lowest BCUT2D eigenvalue weighted by molar-refractivity contribution is 0.405. The zero-order chi connectivity index (χ0) is 13.8. The topological polar surface area (TPSA) is 34.2 Å². The van der Waals surface area contributed by atoms with Crippen molar-refractivity contribution < 1.29 is 4.74 Å². The molecule has 0 saturated heterocycles. The first-order valence-electron chi connectivity index (χ1n) is 6.40. The van der Waals surface area contributed by atoms with Gasteiger partial charge in [-0.2, -0.15) is 0 Å². The number of aryl methyl sites for hydroxylation is 2. The number of pyridine rings is 1. The van der Waals surface area contributed by atoms with Gasteiger partial charge in [0.15, 0.2) is 0 Å². The minimum Gasteiger partial charge on any atom is -0.496 e. The summed E-state index contributed by atoms with van der Waals surface area (Å²) >= 11 is 0. The normalized spacial score (nSPS) is 12.2. The van der Waals surface area contributed by atoms with E-state index < -0.39 is 0 Å². The lowest BCUT2D eigenvalue weighted by Gasteiger charge is -2.20. The number of nitrogens with zero attached hydrogens (tertiary/aromatic N) is 1. The molecule has 0 saturated carbocycles. The van der Waals surface area contributed by atoms with E-state index >= 15 is 0 Å². The number of aromatic nitrogens is 1. The van der Waals surface area contributed by atoms with Crippen LogP contribution in [0.2, 0.25) is 0 Å².